The van der Waals surface area contributed by atoms with Gasteiger partial charge in [0.1, 0.15) is 6.61 Å². The highest BCUT2D eigenvalue weighted by molar-refractivity contribution is 5.74. The van der Waals surface area contributed by atoms with Gasteiger partial charge in [0, 0.05) is 39.0 Å². The van der Waals surface area contributed by atoms with Crippen LogP contribution in [0.15, 0.2) is 18.3 Å². The molecular weight excluding hydrogens is 282 g/mol. The number of urea groups is 1. The number of likely N-dealkylation sites (tertiary alicyclic amines) is 1. The molecule has 122 valence electrons. The van der Waals surface area contributed by atoms with Gasteiger partial charge in [0.2, 0.25) is 5.88 Å². The fourth-order valence-electron chi connectivity index (χ4n) is 2.49. The minimum absolute atomic E-state index is 0.00645. The number of hydrogen-bond acceptors (Lipinski definition) is 4. The molecule has 1 aliphatic rings. The molecule has 22 heavy (non-hydrogen) atoms. The standard InChI is InChI=1S/C16H25N3O3/c1-13-4-3-7-19(12-13)16(20)18-11-14-5-6-15(17-10-14)22-9-8-21-2/h5-6,10,13H,3-4,7-9,11-12H2,1-2H3,(H,18,20). The maximum atomic E-state index is 12.1. The van der Waals surface area contributed by atoms with Gasteiger partial charge in [-0.2, -0.15) is 0 Å². The first-order chi connectivity index (χ1) is 10.7. The van der Waals surface area contributed by atoms with Gasteiger partial charge in [-0.1, -0.05) is 13.0 Å². The highest BCUT2D eigenvalue weighted by Crippen LogP contribution is 2.15. The Bertz CT molecular complexity index is 464. The van der Waals surface area contributed by atoms with Gasteiger partial charge >= 0.3 is 6.03 Å². The first-order valence-corrected chi connectivity index (χ1v) is 7.78. The van der Waals surface area contributed by atoms with E-state index in [2.05, 4.69) is 17.2 Å². The number of nitrogens with zero attached hydrogens (tertiary/aromatic N) is 2. The molecule has 1 saturated heterocycles. The average Bonchev–Trinajstić information content (AvgIpc) is 2.54. The number of carbonyl (C=O) groups is 1. The zero-order chi connectivity index (χ0) is 15.8. The van der Waals surface area contributed by atoms with E-state index in [-0.39, 0.29) is 6.03 Å². The third-order valence-corrected chi connectivity index (χ3v) is 3.72. The molecule has 0 radical (unpaired) electrons. The Kier molecular flexibility index (Phi) is 6.45. The van der Waals surface area contributed by atoms with Gasteiger partial charge in [-0.15, -0.1) is 0 Å². The molecule has 6 heteroatoms. The number of ether oxygens (including phenoxy) is 2. The van der Waals surface area contributed by atoms with Gasteiger partial charge in [-0.05, 0) is 24.3 Å². The van der Waals surface area contributed by atoms with E-state index >= 15 is 0 Å². The number of piperidine rings is 1. The predicted molar refractivity (Wildman–Crippen MR) is 83.8 cm³/mol. The van der Waals surface area contributed by atoms with E-state index in [4.69, 9.17) is 9.47 Å². The van der Waals surface area contributed by atoms with Crippen molar-refractivity contribution in [3.8, 4) is 5.88 Å². The third-order valence-electron chi connectivity index (χ3n) is 3.72. The van der Waals surface area contributed by atoms with Crippen molar-refractivity contribution in [1.82, 2.24) is 15.2 Å². The summed E-state index contributed by atoms with van der Waals surface area (Å²) in [6.07, 6.45) is 4.02. The van der Waals surface area contributed by atoms with Crippen molar-refractivity contribution in [1.29, 1.82) is 0 Å². The van der Waals surface area contributed by atoms with E-state index in [1.807, 2.05) is 11.0 Å². The van der Waals surface area contributed by atoms with E-state index in [1.165, 1.54) is 6.42 Å². The van der Waals surface area contributed by atoms with Gasteiger partial charge in [-0.25, -0.2) is 9.78 Å². The number of pyridine rings is 1. The summed E-state index contributed by atoms with van der Waals surface area (Å²) in [5.74, 6) is 1.15. The van der Waals surface area contributed by atoms with Crippen molar-refractivity contribution in [3.63, 3.8) is 0 Å². The first-order valence-electron chi connectivity index (χ1n) is 7.78. The molecule has 0 bridgehead atoms. The molecule has 2 amide bonds. The molecule has 1 unspecified atom stereocenters. The van der Waals surface area contributed by atoms with Crippen molar-refractivity contribution < 1.29 is 14.3 Å². The SMILES string of the molecule is COCCOc1ccc(CNC(=O)N2CCCC(C)C2)cn1. The number of nitrogens with one attached hydrogen (secondary N) is 1. The number of amides is 2. The number of rotatable bonds is 6. The van der Waals surface area contributed by atoms with Gasteiger partial charge in [0.05, 0.1) is 6.61 Å². The Morgan fingerprint density at radius 2 is 2.32 bits per heavy atom. The van der Waals surface area contributed by atoms with E-state index in [9.17, 15) is 4.79 Å². The van der Waals surface area contributed by atoms with E-state index < -0.39 is 0 Å². The molecule has 0 aliphatic carbocycles. The smallest absolute Gasteiger partial charge is 0.317 e. The van der Waals surface area contributed by atoms with E-state index in [1.54, 1.807) is 19.4 Å². The lowest BCUT2D eigenvalue weighted by molar-refractivity contribution is 0.143. The zero-order valence-corrected chi connectivity index (χ0v) is 13.4. The van der Waals surface area contributed by atoms with Crippen LogP contribution < -0.4 is 10.1 Å². The Balaban J connectivity index is 1.75. The molecule has 2 rings (SSSR count). The Labute approximate surface area is 131 Å². The molecule has 1 aromatic rings. The molecule has 1 fully saturated rings. The summed E-state index contributed by atoms with van der Waals surface area (Å²) in [5, 5.41) is 2.95. The third kappa shape index (κ3) is 5.18. The largest absolute Gasteiger partial charge is 0.475 e. The lowest BCUT2D eigenvalue weighted by atomic mass is 10.0. The number of hydrogen-bond donors (Lipinski definition) is 1. The van der Waals surface area contributed by atoms with E-state index in [0.717, 1.165) is 25.1 Å². The summed E-state index contributed by atoms with van der Waals surface area (Å²) in [6.45, 7) is 5.37. The molecule has 2 heterocycles. The van der Waals surface area contributed by atoms with Crippen LogP contribution >= 0.6 is 0 Å². The van der Waals surface area contributed by atoms with Crippen molar-refractivity contribution in [2.75, 3.05) is 33.4 Å². The minimum Gasteiger partial charge on any atom is -0.475 e. The molecule has 1 N–H and O–H groups in total. The van der Waals surface area contributed by atoms with Crippen LogP contribution in [0.4, 0.5) is 4.79 Å². The molecule has 1 atom stereocenters. The molecule has 0 aromatic carbocycles. The second kappa shape index (κ2) is 8.58. The summed E-state index contributed by atoms with van der Waals surface area (Å²) < 4.78 is 10.3. The van der Waals surface area contributed by atoms with Crippen LogP contribution in [0, 0.1) is 5.92 Å². The van der Waals surface area contributed by atoms with Crippen LogP contribution in [0.25, 0.3) is 0 Å². The monoisotopic (exact) mass is 307 g/mol. The highest BCUT2D eigenvalue weighted by atomic mass is 16.5. The Morgan fingerprint density at radius 1 is 1.45 bits per heavy atom. The number of methoxy groups -OCH3 is 1. The molecular formula is C16H25N3O3. The second-order valence-corrected chi connectivity index (χ2v) is 5.70. The quantitative estimate of drug-likeness (QED) is 0.817. The topological polar surface area (TPSA) is 63.7 Å². The summed E-state index contributed by atoms with van der Waals surface area (Å²) in [5.41, 5.74) is 0.956. The molecule has 0 saturated carbocycles. The van der Waals surface area contributed by atoms with Crippen molar-refractivity contribution in [3.05, 3.63) is 23.9 Å². The highest BCUT2D eigenvalue weighted by Gasteiger charge is 2.20. The fourth-order valence-corrected chi connectivity index (χ4v) is 2.49. The molecule has 1 aromatic heterocycles. The van der Waals surface area contributed by atoms with Crippen LogP contribution in [0.1, 0.15) is 25.3 Å². The summed E-state index contributed by atoms with van der Waals surface area (Å²) in [7, 11) is 1.63. The van der Waals surface area contributed by atoms with Gasteiger partial charge in [0.15, 0.2) is 0 Å². The van der Waals surface area contributed by atoms with Crippen molar-refractivity contribution in [2.24, 2.45) is 5.92 Å². The fraction of sp³-hybridized carbons (Fsp3) is 0.625. The lowest BCUT2D eigenvalue weighted by Crippen LogP contribution is -2.44. The summed E-state index contributed by atoms with van der Waals surface area (Å²) in [6, 6.07) is 3.72. The summed E-state index contributed by atoms with van der Waals surface area (Å²) in [4.78, 5) is 18.2. The van der Waals surface area contributed by atoms with Crippen LogP contribution in [-0.2, 0) is 11.3 Å². The molecule has 1 aliphatic heterocycles. The van der Waals surface area contributed by atoms with Gasteiger partial charge < -0.3 is 19.7 Å². The maximum Gasteiger partial charge on any atom is 0.317 e. The van der Waals surface area contributed by atoms with Crippen molar-refractivity contribution >= 4 is 6.03 Å². The van der Waals surface area contributed by atoms with Crippen molar-refractivity contribution in [2.45, 2.75) is 26.3 Å². The van der Waals surface area contributed by atoms with E-state index in [0.29, 0.717) is 31.6 Å². The van der Waals surface area contributed by atoms with Crippen LogP contribution in [-0.4, -0.2) is 49.3 Å². The predicted octanol–water partition coefficient (Wildman–Crippen LogP) is 2.05. The summed E-state index contributed by atoms with van der Waals surface area (Å²) >= 11 is 0. The van der Waals surface area contributed by atoms with Crippen LogP contribution in [0.3, 0.4) is 0 Å². The Morgan fingerprint density at radius 3 is 3.00 bits per heavy atom. The average molecular weight is 307 g/mol. The van der Waals surface area contributed by atoms with Gasteiger partial charge in [0.25, 0.3) is 0 Å². The van der Waals surface area contributed by atoms with Crippen LogP contribution in [0.2, 0.25) is 0 Å². The minimum atomic E-state index is 0.00645. The second-order valence-electron chi connectivity index (χ2n) is 5.70. The Hall–Kier alpha value is -1.82. The molecule has 0 spiro atoms. The first kappa shape index (κ1) is 16.5. The van der Waals surface area contributed by atoms with Gasteiger partial charge in [-0.3, -0.25) is 0 Å². The lowest BCUT2D eigenvalue weighted by Gasteiger charge is -2.30. The maximum absolute atomic E-state index is 12.1. The zero-order valence-electron chi connectivity index (χ0n) is 13.4. The van der Waals surface area contributed by atoms with Crippen LogP contribution in [0.5, 0.6) is 5.88 Å². The normalized spacial score (nSPS) is 18.1. The number of aromatic nitrogens is 1. The number of carbonyl (C=O) groups excluding carboxylic acids is 1. The molecule has 6 nitrogen and oxygen atoms in total.